The van der Waals surface area contributed by atoms with E-state index in [9.17, 15) is 0 Å². The van der Waals surface area contributed by atoms with E-state index in [2.05, 4.69) is 16.2 Å². The van der Waals surface area contributed by atoms with E-state index in [0.717, 1.165) is 24.3 Å². The molecule has 1 saturated heterocycles. The number of ether oxygens (including phenoxy) is 1. The molecule has 92 valence electrons. The van der Waals surface area contributed by atoms with Crippen LogP contribution in [0.15, 0.2) is 16.7 Å². The van der Waals surface area contributed by atoms with E-state index in [-0.39, 0.29) is 5.92 Å². The van der Waals surface area contributed by atoms with Crippen LogP contribution < -0.4 is 0 Å². The molecule has 3 heterocycles. The van der Waals surface area contributed by atoms with Crippen molar-refractivity contribution in [3.63, 3.8) is 0 Å². The Labute approximate surface area is 108 Å². The van der Waals surface area contributed by atoms with Crippen LogP contribution >= 0.6 is 11.3 Å². The third-order valence-corrected chi connectivity index (χ3v) is 3.87. The second kappa shape index (κ2) is 4.88. The van der Waals surface area contributed by atoms with Gasteiger partial charge >= 0.3 is 0 Å². The number of hydrogen-bond acceptors (Lipinski definition) is 6. The molecule has 0 saturated carbocycles. The first-order valence-electron chi connectivity index (χ1n) is 5.78. The van der Waals surface area contributed by atoms with Crippen LogP contribution in [0.3, 0.4) is 0 Å². The van der Waals surface area contributed by atoms with Gasteiger partial charge in [-0.1, -0.05) is 5.16 Å². The lowest BCUT2D eigenvalue weighted by molar-refractivity contribution is 0.0773. The zero-order valence-corrected chi connectivity index (χ0v) is 10.4. The van der Waals surface area contributed by atoms with E-state index in [1.165, 1.54) is 11.3 Å². The molecular weight excluding hydrogens is 250 g/mol. The van der Waals surface area contributed by atoms with Crippen molar-refractivity contribution in [2.45, 2.75) is 18.8 Å². The maximum atomic E-state index is 8.78. The van der Waals surface area contributed by atoms with Gasteiger partial charge < -0.3 is 9.26 Å². The molecule has 5 nitrogen and oxygen atoms in total. The molecule has 1 unspecified atom stereocenters. The minimum atomic E-state index is 0.228. The molecule has 2 aromatic rings. The first-order chi connectivity index (χ1) is 8.86. The quantitative estimate of drug-likeness (QED) is 0.830. The SMILES string of the molecule is N#Cc1ccc(-c2nc(C3CCCOC3)no2)s1. The fraction of sp³-hybridized carbons (Fsp3) is 0.417. The van der Waals surface area contributed by atoms with Crippen LogP contribution in [0.5, 0.6) is 0 Å². The lowest BCUT2D eigenvalue weighted by Gasteiger charge is -2.18. The second-order valence-corrected chi connectivity index (χ2v) is 5.23. The normalized spacial score (nSPS) is 19.6. The highest BCUT2D eigenvalue weighted by atomic mass is 32.1. The third-order valence-electron chi connectivity index (χ3n) is 2.89. The number of thiophene rings is 1. The first kappa shape index (κ1) is 11.4. The van der Waals surface area contributed by atoms with Crippen molar-refractivity contribution in [3.05, 3.63) is 22.8 Å². The van der Waals surface area contributed by atoms with Crippen LogP contribution in [0.1, 0.15) is 29.5 Å². The fourth-order valence-corrected chi connectivity index (χ4v) is 2.68. The Kier molecular flexibility index (Phi) is 3.09. The lowest BCUT2D eigenvalue weighted by atomic mass is 10.0. The molecule has 0 N–H and O–H groups in total. The number of hydrogen-bond donors (Lipinski definition) is 0. The maximum Gasteiger partial charge on any atom is 0.268 e. The van der Waals surface area contributed by atoms with Crippen molar-refractivity contribution in [1.29, 1.82) is 5.26 Å². The average Bonchev–Trinajstić information content (AvgIpc) is 3.08. The monoisotopic (exact) mass is 261 g/mol. The van der Waals surface area contributed by atoms with Gasteiger partial charge in [-0.3, -0.25) is 0 Å². The zero-order chi connectivity index (χ0) is 12.4. The standard InChI is InChI=1S/C12H11N3O2S/c13-6-9-3-4-10(18-9)12-14-11(15-17-12)8-2-1-5-16-7-8/h3-4,8H,1-2,5,7H2. The van der Waals surface area contributed by atoms with E-state index in [1.807, 2.05) is 6.07 Å². The van der Waals surface area contributed by atoms with Gasteiger partial charge in [-0.25, -0.2) is 0 Å². The molecular formula is C12H11N3O2S. The Morgan fingerprint density at radius 1 is 1.44 bits per heavy atom. The fourth-order valence-electron chi connectivity index (χ4n) is 1.96. The molecule has 1 atom stereocenters. The van der Waals surface area contributed by atoms with Gasteiger partial charge in [0.05, 0.1) is 11.5 Å². The summed E-state index contributed by atoms with van der Waals surface area (Å²) in [5.41, 5.74) is 0. The summed E-state index contributed by atoms with van der Waals surface area (Å²) in [4.78, 5) is 5.87. The summed E-state index contributed by atoms with van der Waals surface area (Å²) in [6.45, 7) is 1.48. The van der Waals surface area contributed by atoms with Gasteiger partial charge in [0.1, 0.15) is 10.9 Å². The maximum absolute atomic E-state index is 8.78. The largest absolute Gasteiger partial charge is 0.381 e. The average molecular weight is 261 g/mol. The molecule has 6 heteroatoms. The highest BCUT2D eigenvalue weighted by Crippen LogP contribution is 2.29. The number of rotatable bonds is 2. The van der Waals surface area contributed by atoms with Crippen LogP contribution in [-0.4, -0.2) is 23.4 Å². The van der Waals surface area contributed by atoms with Crippen LogP contribution in [0, 0.1) is 11.3 Å². The summed E-state index contributed by atoms with van der Waals surface area (Å²) in [6, 6.07) is 5.68. The summed E-state index contributed by atoms with van der Waals surface area (Å²) >= 11 is 1.36. The van der Waals surface area contributed by atoms with Crippen molar-refractivity contribution in [1.82, 2.24) is 10.1 Å². The van der Waals surface area contributed by atoms with Crippen LogP contribution in [0.2, 0.25) is 0 Å². The molecule has 18 heavy (non-hydrogen) atoms. The van der Waals surface area contributed by atoms with Gasteiger partial charge in [0.25, 0.3) is 5.89 Å². The van der Waals surface area contributed by atoms with E-state index in [1.54, 1.807) is 6.07 Å². The number of aromatic nitrogens is 2. The van der Waals surface area contributed by atoms with Gasteiger partial charge in [-0.2, -0.15) is 10.2 Å². The third kappa shape index (κ3) is 2.15. The zero-order valence-electron chi connectivity index (χ0n) is 9.63. The molecule has 1 fully saturated rings. The topological polar surface area (TPSA) is 71.9 Å². The Hall–Kier alpha value is -1.71. The highest BCUT2D eigenvalue weighted by molar-refractivity contribution is 7.15. The van der Waals surface area contributed by atoms with Crippen molar-refractivity contribution < 1.29 is 9.26 Å². The summed E-state index contributed by atoms with van der Waals surface area (Å²) in [5, 5.41) is 12.8. The van der Waals surface area contributed by atoms with Crippen LogP contribution in [-0.2, 0) is 4.74 Å². The van der Waals surface area contributed by atoms with Gasteiger partial charge in [0.15, 0.2) is 5.82 Å². The van der Waals surface area contributed by atoms with E-state index < -0.39 is 0 Å². The van der Waals surface area contributed by atoms with E-state index in [4.69, 9.17) is 14.5 Å². The number of nitrogens with zero attached hydrogens (tertiary/aromatic N) is 3. The molecule has 1 aliphatic rings. The van der Waals surface area contributed by atoms with Gasteiger partial charge in [0, 0.05) is 12.5 Å². The van der Waals surface area contributed by atoms with Crippen LogP contribution in [0.25, 0.3) is 10.8 Å². The summed E-state index contributed by atoms with van der Waals surface area (Å²) in [6.07, 6.45) is 2.07. The van der Waals surface area contributed by atoms with Crippen LogP contribution in [0.4, 0.5) is 0 Å². The Morgan fingerprint density at radius 3 is 3.11 bits per heavy atom. The molecule has 3 rings (SSSR count). The summed E-state index contributed by atoms with van der Waals surface area (Å²) < 4.78 is 10.7. The molecule has 0 bridgehead atoms. The molecule has 1 aliphatic heterocycles. The highest BCUT2D eigenvalue weighted by Gasteiger charge is 2.22. The predicted molar refractivity (Wildman–Crippen MR) is 65.1 cm³/mol. The van der Waals surface area contributed by atoms with Gasteiger partial charge in [-0.15, -0.1) is 11.3 Å². The molecule has 0 aliphatic carbocycles. The molecule has 2 aromatic heterocycles. The van der Waals surface area contributed by atoms with E-state index in [0.29, 0.717) is 23.2 Å². The van der Waals surface area contributed by atoms with Crippen molar-refractivity contribution in [3.8, 4) is 16.8 Å². The van der Waals surface area contributed by atoms with Crippen molar-refractivity contribution in [2.75, 3.05) is 13.2 Å². The molecule has 0 radical (unpaired) electrons. The minimum Gasteiger partial charge on any atom is -0.381 e. The van der Waals surface area contributed by atoms with Crippen molar-refractivity contribution in [2.24, 2.45) is 0 Å². The molecule has 0 spiro atoms. The summed E-state index contributed by atoms with van der Waals surface area (Å²) in [7, 11) is 0. The first-order valence-corrected chi connectivity index (χ1v) is 6.60. The minimum absolute atomic E-state index is 0.228. The molecule has 0 amide bonds. The van der Waals surface area contributed by atoms with E-state index >= 15 is 0 Å². The predicted octanol–water partition coefficient (Wildman–Crippen LogP) is 2.56. The summed E-state index contributed by atoms with van der Waals surface area (Å²) in [5.74, 6) is 1.42. The molecule has 0 aromatic carbocycles. The smallest absolute Gasteiger partial charge is 0.268 e. The van der Waals surface area contributed by atoms with Gasteiger partial charge in [0.2, 0.25) is 0 Å². The lowest BCUT2D eigenvalue weighted by Crippen LogP contribution is -2.16. The Balaban J connectivity index is 1.82. The Bertz CT molecular complexity index is 578. The Morgan fingerprint density at radius 2 is 2.39 bits per heavy atom. The van der Waals surface area contributed by atoms with Gasteiger partial charge in [-0.05, 0) is 25.0 Å². The van der Waals surface area contributed by atoms with Crippen molar-refractivity contribution >= 4 is 11.3 Å². The second-order valence-electron chi connectivity index (χ2n) is 4.15. The number of nitriles is 1.